The van der Waals surface area contributed by atoms with E-state index in [-0.39, 0.29) is 11.9 Å². The van der Waals surface area contributed by atoms with E-state index in [4.69, 9.17) is 9.47 Å². The molecule has 0 aromatic heterocycles. The van der Waals surface area contributed by atoms with Crippen molar-refractivity contribution in [2.24, 2.45) is 0 Å². The molecular weight excluding hydrogens is 332 g/mol. The van der Waals surface area contributed by atoms with Crippen LogP contribution < -0.4 is 4.74 Å². The maximum Gasteiger partial charge on any atom is 0.196 e. The summed E-state index contributed by atoms with van der Waals surface area (Å²) in [5.74, 6) is 0.547. The molecule has 3 rings (SSSR count). The first-order valence-electron chi connectivity index (χ1n) is 6.79. The van der Waals surface area contributed by atoms with Crippen LogP contribution >= 0.6 is 15.9 Å². The van der Waals surface area contributed by atoms with Crippen molar-refractivity contribution in [3.05, 3.63) is 63.6 Å². The molecule has 0 N–H and O–H groups in total. The highest BCUT2D eigenvalue weighted by Gasteiger charge is 2.25. The minimum atomic E-state index is -0.0354. The van der Waals surface area contributed by atoms with Gasteiger partial charge in [0.05, 0.1) is 16.6 Å². The van der Waals surface area contributed by atoms with Crippen LogP contribution in [0.15, 0.2) is 46.9 Å². The molecule has 4 heteroatoms. The normalized spacial score (nSPS) is 16.6. The summed E-state index contributed by atoms with van der Waals surface area (Å²) in [5, 5.41) is 0. The molecule has 2 aromatic rings. The molecule has 0 saturated carbocycles. The number of para-hydroxylation sites is 1. The van der Waals surface area contributed by atoms with Gasteiger partial charge in [0.25, 0.3) is 0 Å². The zero-order valence-electron chi connectivity index (χ0n) is 11.6. The molecule has 0 radical (unpaired) electrons. The van der Waals surface area contributed by atoms with E-state index in [2.05, 4.69) is 15.9 Å². The van der Waals surface area contributed by atoms with Gasteiger partial charge in [-0.25, -0.2) is 0 Å². The fourth-order valence-electron chi connectivity index (χ4n) is 2.12. The van der Waals surface area contributed by atoms with Crippen molar-refractivity contribution in [3.63, 3.8) is 0 Å². The predicted octanol–water partition coefficient (Wildman–Crippen LogP) is 3.77. The monoisotopic (exact) mass is 346 g/mol. The van der Waals surface area contributed by atoms with Crippen LogP contribution in [0.4, 0.5) is 0 Å². The summed E-state index contributed by atoms with van der Waals surface area (Å²) < 4.78 is 11.7. The van der Waals surface area contributed by atoms with Crippen LogP contribution in [0.5, 0.6) is 5.75 Å². The molecular formula is C17H15BrO3. The van der Waals surface area contributed by atoms with Crippen molar-refractivity contribution < 1.29 is 14.3 Å². The molecule has 1 aliphatic heterocycles. The molecule has 1 heterocycles. The lowest BCUT2D eigenvalue weighted by Crippen LogP contribution is -2.10. The van der Waals surface area contributed by atoms with E-state index in [9.17, 15) is 4.79 Å². The van der Waals surface area contributed by atoms with Gasteiger partial charge in [-0.1, -0.05) is 29.8 Å². The minimum Gasteiger partial charge on any atom is -0.489 e. The quantitative estimate of drug-likeness (QED) is 0.611. The van der Waals surface area contributed by atoms with E-state index in [1.54, 1.807) is 6.07 Å². The number of epoxide rings is 1. The van der Waals surface area contributed by atoms with Gasteiger partial charge < -0.3 is 9.47 Å². The molecule has 0 amide bonds. The second kappa shape index (κ2) is 6.00. The third-order valence-corrected chi connectivity index (χ3v) is 3.93. The number of hydrogen-bond acceptors (Lipinski definition) is 3. The topological polar surface area (TPSA) is 38.8 Å². The number of aryl methyl sites for hydroxylation is 1. The molecule has 0 aliphatic carbocycles. The van der Waals surface area contributed by atoms with E-state index >= 15 is 0 Å². The van der Waals surface area contributed by atoms with Crippen molar-refractivity contribution >= 4 is 21.7 Å². The third-order valence-electron chi connectivity index (χ3n) is 3.31. The highest BCUT2D eigenvalue weighted by atomic mass is 79.9. The summed E-state index contributed by atoms with van der Waals surface area (Å²) in [7, 11) is 0. The van der Waals surface area contributed by atoms with Gasteiger partial charge >= 0.3 is 0 Å². The summed E-state index contributed by atoms with van der Waals surface area (Å²) >= 11 is 3.45. The molecule has 1 saturated heterocycles. The zero-order valence-corrected chi connectivity index (χ0v) is 13.2. The number of ketones is 1. The molecule has 108 valence electrons. The van der Waals surface area contributed by atoms with Gasteiger partial charge in [-0.05, 0) is 41.1 Å². The molecule has 21 heavy (non-hydrogen) atoms. The van der Waals surface area contributed by atoms with E-state index in [1.807, 2.05) is 43.3 Å². The number of carbonyl (C=O) groups excluding carboxylic acids is 1. The van der Waals surface area contributed by atoms with Crippen molar-refractivity contribution in [2.75, 3.05) is 13.2 Å². The Morgan fingerprint density at radius 3 is 2.81 bits per heavy atom. The van der Waals surface area contributed by atoms with E-state index in [1.165, 1.54) is 0 Å². The van der Waals surface area contributed by atoms with Crippen LogP contribution in [0.25, 0.3) is 0 Å². The van der Waals surface area contributed by atoms with Crippen LogP contribution in [0.2, 0.25) is 0 Å². The average Bonchev–Trinajstić information content (AvgIpc) is 3.29. The van der Waals surface area contributed by atoms with Gasteiger partial charge in [0.15, 0.2) is 5.78 Å². The fraction of sp³-hybridized carbons (Fsp3) is 0.235. The Labute approximate surface area is 132 Å². The first kappa shape index (κ1) is 14.3. The lowest BCUT2D eigenvalue weighted by atomic mass is 10.0. The lowest BCUT2D eigenvalue weighted by Gasteiger charge is -2.12. The summed E-state index contributed by atoms with van der Waals surface area (Å²) in [6, 6.07) is 13.1. The van der Waals surface area contributed by atoms with Crippen molar-refractivity contribution in [1.82, 2.24) is 0 Å². The molecule has 1 unspecified atom stereocenters. The van der Waals surface area contributed by atoms with Gasteiger partial charge in [0, 0.05) is 5.56 Å². The SMILES string of the molecule is Cc1cccc(C(=O)c2cccc(Br)c2OCC2CO2)c1. The molecule has 2 aromatic carbocycles. The van der Waals surface area contributed by atoms with Crippen molar-refractivity contribution in [1.29, 1.82) is 0 Å². The molecule has 1 atom stereocenters. The summed E-state index contributed by atoms with van der Waals surface area (Å²) in [6.07, 6.45) is 0.152. The maximum absolute atomic E-state index is 12.7. The Bertz CT molecular complexity index is 677. The van der Waals surface area contributed by atoms with Gasteiger partial charge in [-0.3, -0.25) is 4.79 Å². The van der Waals surface area contributed by atoms with Crippen molar-refractivity contribution in [3.8, 4) is 5.75 Å². The van der Waals surface area contributed by atoms with Crippen LogP contribution in [-0.4, -0.2) is 25.1 Å². The molecule has 1 aliphatic rings. The zero-order chi connectivity index (χ0) is 14.8. The van der Waals surface area contributed by atoms with Crippen LogP contribution in [-0.2, 0) is 4.74 Å². The summed E-state index contributed by atoms with van der Waals surface area (Å²) in [5.41, 5.74) is 2.29. The highest BCUT2D eigenvalue weighted by molar-refractivity contribution is 9.10. The van der Waals surface area contributed by atoms with Gasteiger partial charge in [-0.2, -0.15) is 0 Å². The summed E-state index contributed by atoms with van der Waals surface area (Å²) in [4.78, 5) is 12.7. The Kier molecular flexibility index (Phi) is 4.08. The predicted molar refractivity (Wildman–Crippen MR) is 84.0 cm³/mol. The number of rotatable bonds is 5. The first-order chi connectivity index (χ1) is 10.1. The Hall–Kier alpha value is -1.65. The Morgan fingerprint density at radius 1 is 1.33 bits per heavy atom. The third kappa shape index (κ3) is 3.34. The number of hydrogen-bond donors (Lipinski definition) is 0. The second-order valence-corrected chi connectivity index (χ2v) is 5.94. The van der Waals surface area contributed by atoms with Gasteiger partial charge in [-0.15, -0.1) is 0 Å². The average molecular weight is 347 g/mol. The van der Waals surface area contributed by atoms with Gasteiger partial charge in [0.1, 0.15) is 18.5 Å². The van der Waals surface area contributed by atoms with E-state index < -0.39 is 0 Å². The molecule has 0 bridgehead atoms. The van der Waals surface area contributed by atoms with Crippen LogP contribution in [0.1, 0.15) is 21.5 Å². The van der Waals surface area contributed by atoms with Crippen LogP contribution in [0, 0.1) is 6.92 Å². The maximum atomic E-state index is 12.7. The first-order valence-corrected chi connectivity index (χ1v) is 7.59. The number of benzene rings is 2. The second-order valence-electron chi connectivity index (χ2n) is 5.08. The molecule has 0 spiro atoms. The number of ether oxygens (including phenoxy) is 2. The Morgan fingerprint density at radius 2 is 2.10 bits per heavy atom. The highest BCUT2D eigenvalue weighted by Crippen LogP contribution is 2.31. The summed E-state index contributed by atoms with van der Waals surface area (Å²) in [6.45, 7) is 3.17. The van der Waals surface area contributed by atoms with E-state index in [0.29, 0.717) is 23.5 Å². The van der Waals surface area contributed by atoms with Crippen molar-refractivity contribution in [2.45, 2.75) is 13.0 Å². The molecule has 1 fully saturated rings. The smallest absolute Gasteiger partial charge is 0.196 e. The lowest BCUT2D eigenvalue weighted by molar-refractivity contribution is 0.103. The number of carbonyl (C=O) groups is 1. The fourth-order valence-corrected chi connectivity index (χ4v) is 2.60. The largest absolute Gasteiger partial charge is 0.489 e. The van der Waals surface area contributed by atoms with E-state index in [0.717, 1.165) is 16.6 Å². The van der Waals surface area contributed by atoms with Crippen LogP contribution in [0.3, 0.4) is 0 Å². The Balaban J connectivity index is 1.92. The molecule has 3 nitrogen and oxygen atoms in total. The minimum absolute atomic E-state index is 0.0354. The number of halogens is 1. The van der Waals surface area contributed by atoms with Gasteiger partial charge in [0.2, 0.25) is 0 Å². The standard InChI is InChI=1S/C17H15BrO3/c1-11-4-2-5-12(8-11)16(19)14-6-3-7-15(18)17(14)21-10-13-9-20-13/h2-8,13H,9-10H2,1H3.